The monoisotopic (exact) mass is 386 g/mol. The summed E-state index contributed by atoms with van der Waals surface area (Å²) in [6.45, 7) is 5.72. The van der Waals surface area contributed by atoms with Crippen molar-refractivity contribution in [3.8, 4) is 11.8 Å². The number of halogens is 2. The Morgan fingerprint density at radius 3 is 2.77 bits per heavy atom. The first-order valence-electron chi connectivity index (χ1n) is 7.67. The van der Waals surface area contributed by atoms with E-state index in [1.54, 1.807) is 18.2 Å². The molecule has 4 nitrogen and oxygen atoms in total. The van der Waals surface area contributed by atoms with Crippen molar-refractivity contribution >= 4 is 40.9 Å². The van der Waals surface area contributed by atoms with Crippen LogP contribution in [-0.2, 0) is 4.79 Å². The topological polar surface area (TPSA) is 62.1 Å². The molecule has 2 aromatic rings. The molecule has 0 fully saturated rings. The van der Waals surface area contributed by atoms with Crippen LogP contribution in [0.25, 0.3) is 6.08 Å². The Morgan fingerprint density at radius 2 is 2.12 bits per heavy atom. The van der Waals surface area contributed by atoms with Crippen LogP contribution in [0.3, 0.4) is 0 Å². The average molecular weight is 387 g/mol. The molecule has 0 unspecified atom stereocenters. The molecule has 2 rings (SSSR count). The van der Waals surface area contributed by atoms with Crippen molar-refractivity contribution in [1.82, 2.24) is 0 Å². The van der Waals surface area contributed by atoms with Gasteiger partial charge in [-0.1, -0.05) is 48.0 Å². The summed E-state index contributed by atoms with van der Waals surface area (Å²) in [5.74, 6) is -0.212. The van der Waals surface area contributed by atoms with E-state index in [9.17, 15) is 10.1 Å². The summed E-state index contributed by atoms with van der Waals surface area (Å²) in [7, 11) is 0. The van der Waals surface area contributed by atoms with Gasteiger partial charge in [0.05, 0.1) is 5.02 Å². The first-order chi connectivity index (χ1) is 12.4. The zero-order chi connectivity index (χ0) is 19.1. The van der Waals surface area contributed by atoms with E-state index in [1.807, 2.05) is 31.2 Å². The van der Waals surface area contributed by atoms with Crippen LogP contribution >= 0.6 is 23.2 Å². The summed E-state index contributed by atoms with van der Waals surface area (Å²) in [6, 6.07) is 12.3. The SMILES string of the molecule is C=CCOc1c(Cl)cc(Cl)cc1/C=C(\C#N)C(=O)Nc1cccc(C)c1. The molecular weight excluding hydrogens is 371 g/mol. The highest BCUT2D eigenvalue weighted by Crippen LogP contribution is 2.34. The lowest BCUT2D eigenvalue weighted by molar-refractivity contribution is -0.112. The van der Waals surface area contributed by atoms with E-state index >= 15 is 0 Å². The number of nitrogens with one attached hydrogen (secondary N) is 1. The van der Waals surface area contributed by atoms with Crippen molar-refractivity contribution in [2.24, 2.45) is 0 Å². The van der Waals surface area contributed by atoms with Gasteiger partial charge in [0.1, 0.15) is 24.0 Å². The molecule has 0 atom stereocenters. The van der Waals surface area contributed by atoms with Crippen molar-refractivity contribution in [2.75, 3.05) is 11.9 Å². The van der Waals surface area contributed by atoms with Crippen molar-refractivity contribution in [1.29, 1.82) is 5.26 Å². The molecule has 6 heteroatoms. The largest absolute Gasteiger partial charge is 0.487 e. The van der Waals surface area contributed by atoms with Gasteiger partial charge in [-0.2, -0.15) is 5.26 Å². The number of amides is 1. The lowest BCUT2D eigenvalue weighted by Crippen LogP contribution is -2.13. The number of rotatable bonds is 6. The van der Waals surface area contributed by atoms with Crippen molar-refractivity contribution in [3.05, 3.63) is 75.8 Å². The number of hydrogen-bond donors (Lipinski definition) is 1. The van der Waals surface area contributed by atoms with Gasteiger partial charge in [-0.15, -0.1) is 0 Å². The number of hydrogen-bond acceptors (Lipinski definition) is 3. The Bertz CT molecular complexity index is 915. The standard InChI is InChI=1S/C20H16Cl2N2O2/c1-3-7-26-19-14(10-16(21)11-18(19)22)9-15(12-23)20(25)24-17-6-4-5-13(2)8-17/h3-6,8-11H,1,7H2,2H3,(H,24,25)/b15-9+. The van der Waals surface area contributed by atoms with Gasteiger partial charge < -0.3 is 10.1 Å². The smallest absolute Gasteiger partial charge is 0.266 e. The molecule has 0 aliphatic rings. The summed E-state index contributed by atoms with van der Waals surface area (Å²) in [4.78, 5) is 12.4. The van der Waals surface area contributed by atoms with E-state index < -0.39 is 5.91 Å². The van der Waals surface area contributed by atoms with E-state index in [4.69, 9.17) is 27.9 Å². The molecule has 0 saturated heterocycles. The van der Waals surface area contributed by atoms with Crippen LogP contribution in [0.15, 0.2) is 54.6 Å². The molecule has 0 spiro atoms. The van der Waals surface area contributed by atoms with Gasteiger partial charge in [0.25, 0.3) is 5.91 Å². The molecule has 1 amide bonds. The van der Waals surface area contributed by atoms with Gasteiger partial charge in [-0.25, -0.2) is 0 Å². The highest BCUT2D eigenvalue weighted by Gasteiger charge is 2.14. The highest BCUT2D eigenvalue weighted by molar-refractivity contribution is 6.36. The minimum absolute atomic E-state index is 0.103. The van der Waals surface area contributed by atoms with E-state index in [0.717, 1.165) is 5.56 Å². The van der Waals surface area contributed by atoms with E-state index in [-0.39, 0.29) is 17.2 Å². The minimum Gasteiger partial charge on any atom is -0.487 e. The summed E-state index contributed by atoms with van der Waals surface area (Å²) in [6.07, 6.45) is 2.95. The van der Waals surface area contributed by atoms with Crippen LogP contribution in [0.1, 0.15) is 11.1 Å². The van der Waals surface area contributed by atoms with Gasteiger partial charge in [-0.05, 0) is 42.8 Å². The molecule has 2 aromatic carbocycles. The zero-order valence-electron chi connectivity index (χ0n) is 14.1. The van der Waals surface area contributed by atoms with Crippen LogP contribution < -0.4 is 10.1 Å². The number of nitriles is 1. The third kappa shape index (κ3) is 5.13. The van der Waals surface area contributed by atoms with Gasteiger partial charge >= 0.3 is 0 Å². The van der Waals surface area contributed by atoms with E-state index in [2.05, 4.69) is 11.9 Å². The normalized spacial score (nSPS) is 10.8. The van der Waals surface area contributed by atoms with Crippen LogP contribution in [0.4, 0.5) is 5.69 Å². The summed E-state index contributed by atoms with van der Waals surface area (Å²) < 4.78 is 5.54. The van der Waals surface area contributed by atoms with Crippen LogP contribution in [-0.4, -0.2) is 12.5 Å². The fraction of sp³-hybridized carbons (Fsp3) is 0.100. The van der Waals surface area contributed by atoms with Crippen LogP contribution in [0.5, 0.6) is 5.75 Å². The number of ether oxygens (including phenoxy) is 1. The molecule has 0 aliphatic heterocycles. The second-order valence-corrected chi connectivity index (χ2v) is 6.24. The quantitative estimate of drug-likeness (QED) is 0.409. The van der Waals surface area contributed by atoms with Gasteiger partial charge in [-0.3, -0.25) is 4.79 Å². The molecule has 0 aliphatic carbocycles. The first kappa shape index (κ1) is 19.6. The Hall–Kier alpha value is -2.74. The maximum absolute atomic E-state index is 12.4. The zero-order valence-corrected chi connectivity index (χ0v) is 15.6. The third-order valence-electron chi connectivity index (χ3n) is 3.32. The average Bonchev–Trinajstić information content (AvgIpc) is 2.58. The molecule has 0 aromatic heterocycles. The number of carbonyl (C=O) groups excluding carboxylic acids is 1. The molecule has 0 saturated carbocycles. The maximum Gasteiger partial charge on any atom is 0.266 e. The Labute approximate surface area is 162 Å². The number of aryl methyl sites for hydroxylation is 1. The molecule has 26 heavy (non-hydrogen) atoms. The van der Waals surface area contributed by atoms with Crippen molar-refractivity contribution in [2.45, 2.75) is 6.92 Å². The summed E-state index contributed by atoms with van der Waals surface area (Å²) in [5.41, 5.74) is 1.92. The molecule has 0 radical (unpaired) electrons. The van der Waals surface area contributed by atoms with Gasteiger partial charge in [0, 0.05) is 16.3 Å². The number of anilines is 1. The van der Waals surface area contributed by atoms with Crippen LogP contribution in [0.2, 0.25) is 10.0 Å². The highest BCUT2D eigenvalue weighted by atomic mass is 35.5. The fourth-order valence-corrected chi connectivity index (χ4v) is 2.77. The fourth-order valence-electron chi connectivity index (χ4n) is 2.21. The predicted molar refractivity (Wildman–Crippen MR) is 106 cm³/mol. The number of carbonyl (C=O) groups is 1. The molecule has 132 valence electrons. The second-order valence-electron chi connectivity index (χ2n) is 5.40. The molecule has 0 bridgehead atoms. The Balaban J connectivity index is 2.37. The van der Waals surface area contributed by atoms with E-state index in [1.165, 1.54) is 12.1 Å². The van der Waals surface area contributed by atoms with Crippen molar-refractivity contribution < 1.29 is 9.53 Å². The lowest BCUT2D eigenvalue weighted by Gasteiger charge is -2.11. The predicted octanol–water partition coefficient (Wildman–Crippen LogP) is 5.41. The van der Waals surface area contributed by atoms with Gasteiger partial charge in [0.2, 0.25) is 0 Å². The maximum atomic E-state index is 12.4. The first-order valence-corrected chi connectivity index (χ1v) is 8.42. The van der Waals surface area contributed by atoms with Gasteiger partial charge in [0.15, 0.2) is 0 Å². The number of benzene rings is 2. The minimum atomic E-state index is -0.538. The number of nitrogens with zero attached hydrogens (tertiary/aromatic N) is 1. The third-order valence-corrected chi connectivity index (χ3v) is 3.82. The molecule has 0 heterocycles. The van der Waals surface area contributed by atoms with Crippen molar-refractivity contribution in [3.63, 3.8) is 0 Å². The molecule has 1 N–H and O–H groups in total. The van der Waals surface area contributed by atoms with E-state index in [0.29, 0.717) is 22.0 Å². The Kier molecular flexibility index (Phi) is 6.85. The summed E-state index contributed by atoms with van der Waals surface area (Å²) in [5, 5.41) is 12.7. The second kappa shape index (κ2) is 9.10. The lowest BCUT2D eigenvalue weighted by atomic mass is 10.1. The Morgan fingerprint density at radius 1 is 1.35 bits per heavy atom. The summed E-state index contributed by atoms with van der Waals surface area (Å²) >= 11 is 12.2. The van der Waals surface area contributed by atoms with Crippen LogP contribution in [0, 0.1) is 18.3 Å². The molecular formula is C20H16Cl2N2O2.